The van der Waals surface area contributed by atoms with Gasteiger partial charge in [0.2, 0.25) is 0 Å². The molecule has 0 unspecified atom stereocenters. The number of nitrogens with zero attached hydrogens (tertiary/aromatic N) is 3. The van der Waals surface area contributed by atoms with E-state index in [1.54, 1.807) is 24.4 Å². The van der Waals surface area contributed by atoms with Gasteiger partial charge in [-0.3, -0.25) is 14.5 Å². The monoisotopic (exact) mass is 438 g/mol. The molecule has 5 rings (SSSR count). The van der Waals surface area contributed by atoms with Crippen LogP contribution in [0.4, 0.5) is 10.1 Å². The first-order chi connectivity index (χ1) is 15.0. The molecule has 0 radical (unpaired) electrons. The Hall–Kier alpha value is -3.03. The van der Waals surface area contributed by atoms with Crippen molar-refractivity contribution in [3.63, 3.8) is 0 Å². The summed E-state index contributed by atoms with van der Waals surface area (Å²) in [5.74, 6) is 0.308. The van der Waals surface area contributed by atoms with Crippen LogP contribution in [-0.4, -0.2) is 33.4 Å². The molecule has 2 aliphatic rings. The van der Waals surface area contributed by atoms with Gasteiger partial charge < -0.3 is 9.88 Å². The van der Waals surface area contributed by atoms with Crippen molar-refractivity contribution in [3.05, 3.63) is 92.9 Å². The zero-order valence-electron chi connectivity index (χ0n) is 16.6. The topological polar surface area (TPSA) is 67.2 Å². The Morgan fingerprint density at radius 3 is 2.77 bits per heavy atom. The largest absolute Gasteiger partial charge is 0.335 e. The molecule has 1 fully saturated rings. The van der Waals surface area contributed by atoms with Gasteiger partial charge in [0.05, 0.1) is 0 Å². The normalized spacial score (nSPS) is 19.8. The second kappa shape index (κ2) is 7.90. The number of anilines is 1. The van der Waals surface area contributed by atoms with E-state index in [0.717, 1.165) is 6.54 Å². The highest BCUT2D eigenvalue weighted by Gasteiger charge is 2.41. The van der Waals surface area contributed by atoms with Crippen LogP contribution in [-0.2, 0) is 13.1 Å². The average molecular weight is 439 g/mol. The second-order valence-corrected chi connectivity index (χ2v) is 8.52. The molecule has 6 nitrogen and oxygen atoms in total. The molecule has 2 atom stereocenters. The Labute approximate surface area is 183 Å². The maximum atomic E-state index is 14.1. The van der Waals surface area contributed by atoms with E-state index in [9.17, 15) is 14.0 Å². The number of likely N-dealkylation sites (tertiary alicyclic amines) is 1. The van der Waals surface area contributed by atoms with Gasteiger partial charge in [0.15, 0.2) is 0 Å². The van der Waals surface area contributed by atoms with Crippen molar-refractivity contribution in [3.8, 4) is 0 Å². The Bertz CT molecular complexity index is 1210. The lowest BCUT2D eigenvalue weighted by Crippen LogP contribution is -2.28. The Morgan fingerprint density at radius 1 is 1.16 bits per heavy atom. The van der Waals surface area contributed by atoms with Gasteiger partial charge in [0.25, 0.3) is 11.5 Å². The number of halogens is 2. The number of nitrogens with one attached hydrogen (secondary N) is 1. The van der Waals surface area contributed by atoms with Gasteiger partial charge in [-0.15, -0.1) is 0 Å². The van der Waals surface area contributed by atoms with Gasteiger partial charge in [0.1, 0.15) is 17.2 Å². The predicted octanol–water partition coefficient (Wildman–Crippen LogP) is 3.52. The first-order valence-electron chi connectivity index (χ1n) is 10.1. The fourth-order valence-corrected chi connectivity index (χ4v) is 4.74. The van der Waals surface area contributed by atoms with Crippen molar-refractivity contribution in [2.75, 3.05) is 18.4 Å². The third-order valence-corrected chi connectivity index (χ3v) is 6.22. The van der Waals surface area contributed by atoms with Gasteiger partial charge in [-0.2, -0.15) is 4.98 Å². The number of para-hydroxylation sites is 1. The van der Waals surface area contributed by atoms with E-state index < -0.39 is 11.5 Å². The van der Waals surface area contributed by atoms with Crippen LogP contribution in [0.25, 0.3) is 0 Å². The zero-order valence-corrected chi connectivity index (χ0v) is 17.3. The molecule has 1 aromatic heterocycles. The molecule has 8 heteroatoms. The van der Waals surface area contributed by atoms with Gasteiger partial charge in [-0.1, -0.05) is 29.8 Å². The summed E-state index contributed by atoms with van der Waals surface area (Å²) in [5.41, 5.74) is 0.689. The first-order valence-corrected chi connectivity index (χ1v) is 10.5. The molecule has 31 heavy (non-hydrogen) atoms. The first kappa shape index (κ1) is 19.9. The standard InChI is InChI=1S/C23H20ClFN4O2/c24-16-6-7-20(25)14(8-16)9-28-10-15-11-29-13-19(23(31)27-21(29)18(15)12-28)22(30)26-17-4-2-1-3-5-17/h1-8,13,15,18H,9-12H2,(H,26,30)/t15-,18-/m0/s1. The summed E-state index contributed by atoms with van der Waals surface area (Å²) >= 11 is 6.01. The molecule has 1 amide bonds. The SMILES string of the molecule is O=C(Nc1ccccc1)c1cn2c(nc1=O)[C@H]1CN(Cc3cc(Cl)ccc3F)C[C@H]1C2. The molecular formula is C23H20ClFN4O2. The molecule has 1 N–H and O–H groups in total. The minimum absolute atomic E-state index is 0.0328. The van der Waals surface area contributed by atoms with Crippen molar-refractivity contribution < 1.29 is 9.18 Å². The average Bonchev–Trinajstić information content (AvgIpc) is 3.28. The molecule has 0 saturated carbocycles. The summed E-state index contributed by atoms with van der Waals surface area (Å²) in [6.07, 6.45) is 1.61. The van der Waals surface area contributed by atoms with Crippen LogP contribution in [0.2, 0.25) is 5.02 Å². The van der Waals surface area contributed by atoms with Crippen molar-refractivity contribution >= 4 is 23.2 Å². The maximum Gasteiger partial charge on any atom is 0.285 e. The van der Waals surface area contributed by atoms with Crippen molar-refractivity contribution in [2.45, 2.75) is 19.0 Å². The van der Waals surface area contributed by atoms with Crippen molar-refractivity contribution in [1.82, 2.24) is 14.5 Å². The van der Waals surface area contributed by atoms with Crippen LogP contribution in [0, 0.1) is 11.7 Å². The van der Waals surface area contributed by atoms with Crippen LogP contribution >= 0.6 is 11.6 Å². The van der Waals surface area contributed by atoms with E-state index in [2.05, 4.69) is 15.2 Å². The predicted molar refractivity (Wildman–Crippen MR) is 116 cm³/mol. The number of fused-ring (bicyclic) bond motifs is 3. The quantitative estimate of drug-likeness (QED) is 0.676. The van der Waals surface area contributed by atoms with Crippen molar-refractivity contribution in [2.24, 2.45) is 5.92 Å². The molecule has 3 aromatic rings. The highest BCUT2D eigenvalue weighted by Crippen LogP contribution is 2.38. The van der Waals surface area contributed by atoms with Crippen LogP contribution in [0.1, 0.15) is 27.7 Å². The minimum atomic E-state index is -0.528. The molecule has 2 aromatic carbocycles. The minimum Gasteiger partial charge on any atom is -0.335 e. The molecule has 1 saturated heterocycles. The smallest absolute Gasteiger partial charge is 0.285 e. The van der Waals surface area contributed by atoms with Crippen LogP contribution in [0.15, 0.2) is 59.5 Å². The van der Waals surface area contributed by atoms with Gasteiger partial charge >= 0.3 is 0 Å². The molecule has 0 bridgehead atoms. The molecule has 0 spiro atoms. The molecule has 0 aliphatic carbocycles. The highest BCUT2D eigenvalue weighted by atomic mass is 35.5. The second-order valence-electron chi connectivity index (χ2n) is 8.09. The maximum absolute atomic E-state index is 14.1. The lowest BCUT2D eigenvalue weighted by molar-refractivity contribution is 0.102. The van der Waals surface area contributed by atoms with E-state index >= 15 is 0 Å². The van der Waals surface area contributed by atoms with Crippen LogP contribution < -0.4 is 10.9 Å². The lowest BCUT2D eigenvalue weighted by Gasteiger charge is -2.18. The van der Waals surface area contributed by atoms with E-state index in [1.807, 2.05) is 22.8 Å². The number of rotatable bonds is 4. The molecule has 2 aliphatic heterocycles. The van der Waals surface area contributed by atoms with Gasteiger partial charge in [-0.05, 0) is 30.3 Å². The zero-order chi connectivity index (χ0) is 21.5. The van der Waals surface area contributed by atoms with Gasteiger partial charge in [0, 0.05) is 60.5 Å². The van der Waals surface area contributed by atoms with E-state index in [0.29, 0.717) is 41.7 Å². The summed E-state index contributed by atoms with van der Waals surface area (Å²) in [4.78, 5) is 31.6. The molecule has 158 valence electrons. The van der Waals surface area contributed by atoms with E-state index in [-0.39, 0.29) is 23.2 Å². The van der Waals surface area contributed by atoms with Crippen LogP contribution in [0.3, 0.4) is 0 Å². The number of carbonyl (C=O) groups is 1. The van der Waals surface area contributed by atoms with E-state index in [1.165, 1.54) is 12.1 Å². The fourth-order valence-electron chi connectivity index (χ4n) is 4.55. The van der Waals surface area contributed by atoms with E-state index in [4.69, 9.17) is 11.6 Å². The number of carbonyl (C=O) groups excluding carboxylic acids is 1. The lowest BCUT2D eigenvalue weighted by atomic mass is 9.99. The summed E-state index contributed by atoms with van der Waals surface area (Å²) in [7, 11) is 0. The summed E-state index contributed by atoms with van der Waals surface area (Å²) < 4.78 is 16.0. The Kier molecular flexibility index (Phi) is 5.08. The third-order valence-electron chi connectivity index (χ3n) is 5.98. The Balaban J connectivity index is 1.33. The molecule has 3 heterocycles. The van der Waals surface area contributed by atoms with Crippen LogP contribution in [0.5, 0.6) is 0 Å². The summed E-state index contributed by atoms with van der Waals surface area (Å²) in [5, 5.41) is 3.25. The Morgan fingerprint density at radius 2 is 1.97 bits per heavy atom. The number of hydrogen-bond donors (Lipinski definition) is 1. The fraction of sp³-hybridized carbons (Fsp3) is 0.261. The summed E-state index contributed by atoms with van der Waals surface area (Å²) in [6.45, 7) is 2.58. The summed E-state index contributed by atoms with van der Waals surface area (Å²) in [6, 6.07) is 13.6. The van der Waals surface area contributed by atoms with Gasteiger partial charge in [-0.25, -0.2) is 4.39 Å². The molecular weight excluding hydrogens is 419 g/mol. The number of hydrogen-bond acceptors (Lipinski definition) is 4. The number of amides is 1. The van der Waals surface area contributed by atoms with Crippen molar-refractivity contribution in [1.29, 1.82) is 0 Å². The third kappa shape index (κ3) is 3.86. The highest BCUT2D eigenvalue weighted by molar-refractivity contribution is 6.30. The number of benzene rings is 2. The number of aromatic nitrogens is 2.